The molecule has 4 heteroatoms. The van der Waals surface area contributed by atoms with Crippen LogP contribution in [-0.2, 0) is 9.59 Å². The van der Waals surface area contributed by atoms with Gasteiger partial charge in [0.05, 0.1) is 0 Å². The van der Waals surface area contributed by atoms with Gasteiger partial charge in [-0.05, 0) is 18.6 Å². The highest BCUT2D eigenvalue weighted by molar-refractivity contribution is 5.98. The predicted molar refractivity (Wildman–Crippen MR) is 60.9 cm³/mol. The van der Waals surface area contributed by atoms with Gasteiger partial charge in [0, 0.05) is 19.2 Å². The Morgan fingerprint density at radius 1 is 1.38 bits per heavy atom. The van der Waals surface area contributed by atoms with Gasteiger partial charge < -0.3 is 10.2 Å². The molecule has 1 fully saturated rings. The van der Waals surface area contributed by atoms with Gasteiger partial charge in [-0.25, -0.2) is 0 Å². The first-order valence-electron chi connectivity index (χ1n) is 5.30. The fraction of sp³-hybridized carbons (Fsp3) is 0.333. The molecule has 1 unspecified atom stereocenters. The standard InChI is InChI=1S/C12H14N2O2/c1-14-10(7-8-11(14)15)12(16)13-9-5-3-2-4-6-9/h2-6,10H,7-8H2,1H3,(H,13,16). The number of amides is 2. The van der Waals surface area contributed by atoms with Gasteiger partial charge in [-0.15, -0.1) is 0 Å². The van der Waals surface area contributed by atoms with Crippen LogP contribution in [0.4, 0.5) is 5.69 Å². The molecule has 4 nitrogen and oxygen atoms in total. The van der Waals surface area contributed by atoms with E-state index in [9.17, 15) is 9.59 Å². The van der Waals surface area contributed by atoms with Crippen molar-refractivity contribution in [2.24, 2.45) is 0 Å². The smallest absolute Gasteiger partial charge is 0.247 e. The molecule has 1 aromatic carbocycles. The van der Waals surface area contributed by atoms with E-state index in [0.29, 0.717) is 12.8 Å². The number of hydrogen-bond acceptors (Lipinski definition) is 2. The van der Waals surface area contributed by atoms with Crippen LogP contribution in [0.3, 0.4) is 0 Å². The summed E-state index contributed by atoms with van der Waals surface area (Å²) in [4.78, 5) is 24.7. The van der Waals surface area contributed by atoms with E-state index in [2.05, 4.69) is 5.32 Å². The molecule has 1 heterocycles. The van der Waals surface area contributed by atoms with Crippen molar-refractivity contribution in [2.45, 2.75) is 18.9 Å². The molecule has 0 saturated carbocycles. The van der Waals surface area contributed by atoms with Crippen molar-refractivity contribution in [1.82, 2.24) is 4.90 Å². The van der Waals surface area contributed by atoms with Crippen LogP contribution < -0.4 is 5.32 Å². The Hall–Kier alpha value is -1.84. The minimum atomic E-state index is -0.326. The van der Waals surface area contributed by atoms with Gasteiger partial charge in [0.2, 0.25) is 11.8 Å². The molecule has 0 spiro atoms. The van der Waals surface area contributed by atoms with E-state index < -0.39 is 0 Å². The number of rotatable bonds is 2. The van der Waals surface area contributed by atoms with E-state index in [-0.39, 0.29) is 17.9 Å². The number of anilines is 1. The molecule has 0 radical (unpaired) electrons. The maximum absolute atomic E-state index is 11.9. The number of carbonyl (C=O) groups excluding carboxylic acids is 2. The van der Waals surface area contributed by atoms with Crippen molar-refractivity contribution in [1.29, 1.82) is 0 Å². The molecule has 16 heavy (non-hydrogen) atoms. The van der Waals surface area contributed by atoms with E-state index in [1.807, 2.05) is 30.3 Å². The average molecular weight is 218 g/mol. The summed E-state index contributed by atoms with van der Waals surface area (Å²) >= 11 is 0. The fourth-order valence-electron chi connectivity index (χ4n) is 1.86. The summed E-state index contributed by atoms with van der Waals surface area (Å²) < 4.78 is 0. The molecule has 1 aliphatic heterocycles. The second-order valence-electron chi connectivity index (χ2n) is 3.91. The normalized spacial score (nSPS) is 19.9. The zero-order chi connectivity index (χ0) is 11.5. The van der Waals surface area contributed by atoms with Crippen LogP contribution in [0.25, 0.3) is 0 Å². The van der Waals surface area contributed by atoms with E-state index in [1.165, 1.54) is 4.90 Å². The molecular weight excluding hydrogens is 204 g/mol. The van der Waals surface area contributed by atoms with Gasteiger partial charge in [0.1, 0.15) is 6.04 Å². The van der Waals surface area contributed by atoms with Crippen LogP contribution >= 0.6 is 0 Å². The van der Waals surface area contributed by atoms with Crippen molar-refractivity contribution in [2.75, 3.05) is 12.4 Å². The molecule has 0 bridgehead atoms. The Morgan fingerprint density at radius 3 is 2.62 bits per heavy atom. The lowest BCUT2D eigenvalue weighted by atomic mass is 10.2. The van der Waals surface area contributed by atoms with Crippen molar-refractivity contribution < 1.29 is 9.59 Å². The highest BCUT2D eigenvalue weighted by Gasteiger charge is 2.32. The summed E-state index contributed by atoms with van der Waals surface area (Å²) in [5.41, 5.74) is 0.764. The quantitative estimate of drug-likeness (QED) is 0.812. The Bertz CT molecular complexity index is 403. The van der Waals surface area contributed by atoms with E-state index in [4.69, 9.17) is 0 Å². The molecule has 2 amide bonds. The highest BCUT2D eigenvalue weighted by atomic mass is 16.2. The molecule has 1 saturated heterocycles. The second kappa shape index (κ2) is 4.35. The number of likely N-dealkylation sites (tertiary alicyclic amines) is 1. The van der Waals surface area contributed by atoms with Crippen LogP contribution in [0.5, 0.6) is 0 Å². The van der Waals surface area contributed by atoms with Gasteiger partial charge in [-0.1, -0.05) is 18.2 Å². The van der Waals surface area contributed by atoms with Crippen molar-refractivity contribution in [3.05, 3.63) is 30.3 Å². The maximum Gasteiger partial charge on any atom is 0.247 e. The third kappa shape index (κ3) is 2.05. The molecule has 1 aliphatic rings. The van der Waals surface area contributed by atoms with E-state index in [0.717, 1.165) is 5.69 Å². The fourth-order valence-corrected chi connectivity index (χ4v) is 1.86. The van der Waals surface area contributed by atoms with Crippen LogP contribution in [0.1, 0.15) is 12.8 Å². The Balaban J connectivity index is 2.02. The zero-order valence-electron chi connectivity index (χ0n) is 9.14. The SMILES string of the molecule is CN1C(=O)CCC1C(=O)Nc1ccccc1. The Labute approximate surface area is 94.2 Å². The zero-order valence-corrected chi connectivity index (χ0v) is 9.14. The molecule has 84 valence electrons. The van der Waals surface area contributed by atoms with Crippen LogP contribution in [-0.4, -0.2) is 29.8 Å². The van der Waals surface area contributed by atoms with E-state index >= 15 is 0 Å². The summed E-state index contributed by atoms with van der Waals surface area (Å²) in [6.45, 7) is 0. The molecule has 0 aliphatic carbocycles. The summed E-state index contributed by atoms with van der Waals surface area (Å²) in [7, 11) is 1.67. The summed E-state index contributed by atoms with van der Waals surface area (Å²) in [6.07, 6.45) is 1.07. The van der Waals surface area contributed by atoms with Crippen LogP contribution in [0.15, 0.2) is 30.3 Å². The minimum Gasteiger partial charge on any atom is -0.334 e. The van der Waals surface area contributed by atoms with E-state index in [1.54, 1.807) is 7.05 Å². The number of hydrogen-bond donors (Lipinski definition) is 1. The lowest BCUT2D eigenvalue weighted by Gasteiger charge is -2.18. The Morgan fingerprint density at radius 2 is 2.06 bits per heavy atom. The molecule has 1 aromatic rings. The lowest BCUT2D eigenvalue weighted by molar-refractivity contribution is -0.131. The first-order chi connectivity index (χ1) is 7.68. The highest BCUT2D eigenvalue weighted by Crippen LogP contribution is 2.18. The summed E-state index contributed by atoms with van der Waals surface area (Å²) in [5, 5.41) is 2.80. The first-order valence-corrected chi connectivity index (χ1v) is 5.30. The Kier molecular flexibility index (Phi) is 2.90. The van der Waals surface area contributed by atoms with Gasteiger partial charge in [-0.3, -0.25) is 9.59 Å². The average Bonchev–Trinajstić information content (AvgIpc) is 2.61. The maximum atomic E-state index is 11.9. The lowest BCUT2D eigenvalue weighted by Crippen LogP contribution is -2.38. The molecule has 1 N–H and O–H groups in total. The van der Waals surface area contributed by atoms with Crippen LogP contribution in [0, 0.1) is 0 Å². The molecule has 0 aromatic heterocycles. The molecular formula is C12H14N2O2. The number of para-hydroxylation sites is 1. The van der Waals surface area contributed by atoms with Gasteiger partial charge in [0.15, 0.2) is 0 Å². The molecule has 1 atom stereocenters. The summed E-state index contributed by atoms with van der Waals surface area (Å²) in [6, 6.07) is 8.94. The van der Waals surface area contributed by atoms with Gasteiger partial charge in [-0.2, -0.15) is 0 Å². The third-order valence-electron chi connectivity index (χ3n) is 2.84. The van der Waals surface area contributed by atoms with Crippen molar-refractivity contribution in [3.63, 3.8) is 0 Å². The third-order valence-corrected chi connectivity index (χ3v) is 2.84. The minimum absolute atomic E-state index is 0.0354. The number of benzene rings is 1. The molecule has 2 rings (SSSR count). The van der Waals surface area contributed by atoms with Gasteiger partial charge in [0.25, 0.3) is 0 Å². The van der Waals surface area contributed by atoms with Crippen LogP contribution in [0.2, 0.25) is 0 Å². The monoisotopic (exact) mass is 218 g/mol. The predicted octanol–water partition coefficient (Wildman–Crippen LogP) is 1.25. The first kappa shape index (κ1) is 10.7. The number of likely N-dealkylation sites (N-methyl/N-ethyl adjacent to an activating group) is 1. The largest absolute Gasteiger partial charge is 0.334 e. The van der Waals surface area contributed by atoms with Crippen molar-refractivity contribution in [3.8, 4) is 0 Å². The number of nitrogens with one attached hydrogen (secondary N) is 1. The number of carbonyl (C=O) groups is 2. The van der Waals surface area contributed by atoms with Gasteiger partial charge >= 0.3 is 0 Å². The number of nitrogens with zero attached hydrogens (tertiary/aromatic N) is 1. The summed E-state index contributed by atoms with van der Waals surface area (Å²) in [5.74, 6) is -0.0761. The topological polar surface area (TPSA) is 49.4 Å². The van der Waals surface area contributed by atoms with Crippen molar-refractivity contribution >= 4 is 17.5 Å². The second-order valence-corrected chi connectivity index (χ2v) is 3.91.